The van der Waals surface area contributed by atoms with Crippen molar-refractivity contribution in [2.24, 2.45) is 0 Å². The van der Waals surface area contributed by atoms with Gasteiger partial charge in [0.2, 0.25) is 0 Å². The number of nitro benzene ring substituents is 1. The maximum absolute atomic E-state index is 12.6. The Labute approximate surface area is 159 Å². The van der Waals surface area contributed by atoms with Crippen LogP contribution in [0.4, 0.5) is 14.5 Å². The molecular formula is C18H18F2N2O6. The number of ether oxygens (including phenoxy) is 3. The van der Waals surface area contributed by atoms with Crippen molar-refractivity contribution in [2.75, 3.05) is 21.3 Å². The lowest BCUT2D eigenvalue weighted by atomic mass is 10.1. The molecule has 0 spiro atoms. The van der Waals surface area contributed by atoms with Gasteiger partial charge in [-0.05, 0) is 29.8 Å². The topological polar surface area (TPSA) is 91.1 Å². The average molecular weight is 396 g/mol. The van der Waals surface area contributed by atoms with Gasteiger partial charge in [0.25, 0.3) is 5.91 Å². The van der Waals surface area contributed by atoms with Crippen LogP contribution < -0.4 is 14.2 Å². The van der Waals surface area contributed by atoms with E-state index in [0.29, 0.717) is 5.56 Å². The van der Waals surface area contributed by atoms with Gasteiger partial charge >= 0.3 is 12.3 Å². The van der Waals surface area contributed by atoms with Crippen molar-refractivity contribution in [1.82, 2.24) is 4.90 Å². The van der Waals surface area contributed by atoms with Crippen LogP contribution in [0, 0.1) is 10.1 Å². The summed E-state index contributed by atoms with van der Waals surface area (Å²) in [6, 6.07) is 8.24. The van der Waals surface area contributed by atoms with E-state index in [-0.39, 0.29) is 35.0 Å². The molecule has 8 nitrogen and oxygen atoms in total. The highest BCUT2D eigenvalue weighted by Crippen LogP contribution is 2.31. The van der Waals surface area contributed by atoms with Crippen LogP contribution in [0.1, 0.15) is 15.9 Å². The Hall–Kier alpha value is -3.43. The monoisotopic (exact) mass is 396 g/mol. The van der Waals surface area contributed by atoms with Gasteiger partial charge in [0.1, 0.15) is 0 Å². The van der Waals surface area contributed by atoms with Crippen molar-refractivity contribution in [2.45, 2.75) is 13.2 Å². The SMILES string of the molecule is COc1ccc(CN(C)C(=O)c2ccc(OC)c([N+](=O)[O-])c2)cc1OC(F)F. The molecule has 0 saturated heterocycles. The molecule has 0 atom stereocenters. The normalized spacial score (nSPS) is 10.5. The second-order valence-corrected chi connectivity index (χ2v) is 5.67. The van der Waals surface area contributed by atoms with Crippen LogP contribution in [0.5, 0.6) is 17.2 Å². The van der Waals surface area contributed by atoms with Gasteiger partial charge < -0.3 is 19.1 Å². The molecule has 2 aromatic carbocycles. The fraction of sp³-hybridized carbons (Fsp3) is 0.278. The molecule has 0 heterocycles. The van der Waals surface area contributed by atoms with Crippen LogP contribution in [0.3, 0.4) is 0 Å². The van der Waals surface area contributed by atoms with E-state index in [2.05, 4.69) is 4.74 Å². The van der Waals surface area contributed by atoms with Gasteiger partial charge in [-0.25, -0.2) is 0 Å². The minimum absolute atomic E-state index is 0.0353. The number of halogens is 2. The minimum atomic E-state index is -3.02. The van der Waals surface area contributed by atoms with Gasteiger partial charge in [0.05, 0.1) is 19.1 Å². The second-order valence-electron chi connectivity index (χ2n) is 5.67. The second kappa shape index (κ2) is 8.98. The molecule has 0 saturated carbocycles. The number of benzene rings is 2. The maximum Gasteiger partial charge on any atom is 0.387 e. The number of carbonyl (C=O) groups is 1. The van der Waals surface area contributed by atoms with Crippen molar-refractivity contribution in [3.63, 3.8) is 0 Å². The van der Waals surface area contributed by atoms with Crippen molar-refractivity contribution in [3.05, 3.63) is 57.6 Å². The Balaban J connectivity index is 2.23. The first-order valence-electron chi connectivity index (χ1n) is 7.96. The predicted octanol–water partition coefficient (Wildman–Crippen LogP) is 3.49. The molecule has 0 aromatic heterocycles. The third kappa shape index (κ3) is 4.84. The number of nitro groups is 1. The van der Waals surface area contributed by atoms with E-state index in [1.165, 1.54) is 50.4 Å². The van der Waals surface area contributed by atoms with E-state index in [1.807, 2.05) is 0 Å². The fourth-order valence-corrected chi connectivity index (χ4v) is 2.54. The molecule has 0 unspecified atom stereocenters. The molecular weight excluding hydrogens is 378 g/mol. The van der Waals surface area contributed by atoms with Crippen LogP contribution in [-0.4, -0.2) is 43.6 Å². The lowest BCUT2D eigenvalue weighted by Crippen LogP contribution is -2.26. The number of hydrogen-bond acceptors (Lipinski definition) is 6. The van der Waals surface area contributed by atoms with Crippen LogP contribution in [0.2, 0.25) is 0 Å². The first-order chi connectivity index (χ1) is 13.3. The van der Waals surface area contributed by atoms with Gasteiger partial charge in [-0.2, -0.15) is 8.78 Å². The van der Waals surface area contributed by atoms with Crippen LogP contribution in [-0.2, 0) is 6.54 Å². The summed E-state index contributed by atoms with van der Waals surface area (Å²) in [5.41, 5.74) is 0.265. The van der Waals surface area contributed by atoms with Gasteiger partial charge in [-0.15, -0.1) is 0 Å². The third-order valence-electron chi connectivity index (χ3n) is 3.83. The van der Waals surface area contributed by atoms with Crippen LogP contribution >= 0.6 is 0 Å². The average Bonchev–Trinajstić information content (AvgIpc) is 2.66. The lowest BCUT2D eigenvalue weighted by molar-refractivity contribution is -0.385. The maximum atomic E-state index is 12.6. The molecule has 0 fully saturated rings. The molecule has 0 aliphatic carbocycles. The zero-order valence-corrected chi connectivity index (χ0v) is 15.3. The third-order valence-corrected chi connectivity index (χ3v) is 3.83. The highest BCUT2D eigenvalue weighted by molar-refractivity contribution is 5.95. The zero-order valence-electron chi connectivity index (χ0n) is 15.3. The summed E-state index contributed by atoms with van der Waals surface area (Å²) < 4.78 is 39.4. The quantitative estimate of drug-likeness (QED) is 0.501. The van der Waals surface area contributed by atoms with E-state index < -0.39 is 17.4 Å². The summed E-state index contributed by atoms with van der Waals surface area (Å²) >= 11 is 0. The van der Waals surface area contributed by atoms with Crippen LogP contribution in [0.15, 0.2) is 36.4 Å². The number of carbonyl (C=O) groups excluding carboxylic acids is 1. The Bertz CT molecular complexity index is 875. The summed E-state index contributed by atoms with van der Waals surface area (Å²) in [4.78, 5) is 24.4. The highest BCUT2D eigenvalue weighted by atomic mass is 19.3. The molecule has 2 rings (SSSR count). The number of amides is 1. The number of hydrogen-bond donors (Lipinski definition) is 0. The Morgan fingerprint density at radius 3 is 2.32 bits per heavy atom. The number of methoxy groups -OCH3 is 2. The van der Waals surface area contributed by atoms with Gasteiger partial charge in [0, 0.05) is 25.2 Å². The van der Waals surface area contributed by atoms with Crippen molar-refractivity contribution < 1.29 is 32.7 Å². The molecule has 2 aromatic rings. The van der Waals surface area contributed by atoms with E-state index >= 15 is 0 Å². The first kappa shape index (κ1) is 20.9. The first-order valence-corrected chi connectivity index (χ1v) is 7.96. The van der Waals surface area contributed by atoms with E-state index in [9.17, 15) is 23.7 Å². The largest absolute Gasteiger partial charge is 0.493 e. The van der Waals surface area contributed by atoms with Crippen molar-refractivity contribution in [3.8, 4) is 17.2 Å². The molecule has 1 amide bonds. The van der Waals surface area contributed by atoms with Gasteiger partial charge in [0.15, 0.2) is 17.2 Å². The standard InChI is InChI=1S/C18H18F2N2O6/c1-21(10-11-4-6-15(27-3)16(8-11)28-18(19)20)17(23)12-5-7-14(26-2)13(9-12)22(24)25/h4-9,18H,10H2,1-3H3. The molecule has 0 bridgehead atoms. The lowest BCUT2D eigenvalue weighted by Gasteiger charge is -2.19. The molecule has 0 aliphatic rings. The van der Waals surface area contributed by atoms with E-state index in [0.717, 1.165) is 6.07 Å². The molecule has 28 heavy (non-hydrogen) atoms. The number of rotatable bonds is 8. The smallest absolute Gasteiger partial charge is 0.387 e. The van der Waals surface area contributed by atoms with Gasteiger partial charge in [-0.3, -0.25) is 14.9 Å². The molecule has 0 N–H and O–H groups in total. The summed E-state index contributed by atoms with van der Waals surface area (Å²) in [7, 11) is 4.09. The van der Waals surface area contributed by atoms with E-state index in [1.54, 1.807) is 6.07 Å². The highest BCUT2D eigenvalue weighted by Gasteiger charge is 2.21. The molecule has 150 valence electrons. The summed E-state index contributed by atoms with van der Waals surface area (Å²) in [5, 5.41) is 11.1. The summed E-state index contributed by atoms with van der Waals surface area (Å²) in [5.74, 6) is -0.481. The number of alkyl halides is 2. The fourth-order valence-electron chi connectivity index (χ4n) is 2.54. The Kier molecular flexibility index (Phi) is 6.69. The number of nitrogens with zero attached hydrogens (tertiary/aromatic N) is 2. The van der Waals surface area contributed by atoms with E-state index in [4.69, 9.17) is 9.47 Å². The molecule has 10 heteroatoms. The van der Waals surface area contributed by atoms with Crippen molar-refractivity contribution >= 4 is 11.6 Å². The summed E-state index contributed by atoms with van der Waals surface area (Å²) in [6.07, 6.45) is 0. The zero-order chi connectivity index (χ0) is 20.8. The summed E-state index contributed by atoms with van der Waals surface area (Å²) in [6.45, 7) is -2.97. The predicted molar refractivity (Wildman–Crippen MR) is 95.1 cm³/mol. The van der Waals surface area contributed by atoms with Crippen LogP contribution in [0.25, 0.3) is 0 Å². The Morgan fingerprint density at radius 1 is 1.11 bits per heavy atom. The molecule has 0 radical (unpaired) electrons. The molecule has 0 aliphatic heterocycles. The van der Waals surface area contributed by atoms with Gasteiger partial charge in [-0.1, -0.05) is 6.07 Å². The van der Waals surface area contributed by atoms with Crippen molar-refractivity contribution in [1.29, 1.82) is 0 Å². The minimum Gasteiger partial charge on any atom is -0.493 e. The Morgan fingerprint density at radius 2 is 1.75 bits per heavy atom.